The van der Waals surface area contributed by atoms with Crippen molar-refractivity contribution in [1.82, 2.24) is 25.1 Å². The molecule has 0 saturated heterocycles. The Morgan fingerprint density at radius 1 is 1.36 bits per heavy atom. The van der Waals surface area contributed by atoms with Crippen LogP contribution in [0.1, 0.15) is 5.56 Å². The predicted octanol–water partition coefficient (Wildman–Crippen LogP) is 0.806. The molecule has 2 aromatic heterocycles. The van der Waals surface area contributed by atoms with E-state index in [-0.39, 0.29) is 11.2 Å². The molecule has 0 fully saturated rings. The van der Waals surface area contributed by atoms with Crippen LogP contribution in [0.3, 0.4) is 0 Å². The summed E-state index contributed by atoms with van der Waals surface area (Å²) in [6.07, 6.45) is 1.67. The Morgan fingerprint density at radius 2 is 2.14 bits per heavy atom. The zero-order chi connectivity index (χ0) is 10.1. The van der Waals surface area contributed by atoms with Gasteiger partial charge in [0.1, 0.15) is 5.69 Å². The van der Waals surface area contributed by atoms with E-state index in [4.69, 9.17) is 17.3 Å². The number of nitrogens with one attached hydrogen (secondary N) is 1. The number of aryl methyl sites for hydroxylation is 1. The molecular formula is C7H7ClN6. The predicted molar refractivity (Wildman–Crippen MR) is 51.6 cm³/mol. The third-order valence-corrected chi connectivity index (χ3v) is 1.85. The van der Waals surface area contributed by atoms with Crippen molar-refractivity contribution < 1.29 is 0 Å². The lowest BCUT2D eigenvalue weighted by molar-refractivity contribution is 1.03. The average molecular weight is 211 g/mol. The molecule has 6 nitrogen and oxygen atoms in total. The molecule has 0 spiro atoms. The third kappa shape index (κ3) is 1.51. The van der Waals surface area contributed by atoms with E-state index in [1.165, 1.54) is 0 Å². The summed E-state index contributed by atoms with van der Waals surface area (Å²) >= 11 is 5.64. The van der Waals surface area contributed by atoms with Crippen molar-refractivity contribution in [3.05, 3.63) is 17.0 Å². The molecule has 0 aliphatic rings. The summed E-state index contributed by atoms with van der Waals surface area (Å²) in [6, 6.07) is 0. The van der Waals surface area contributed by atoms with Crippen molar-refractivity contribution in [1.29, 1.82) is 0 Å². The number of nitrogens with zero attached hydrogens (tertiary/aromatic N) is 4. The molecule has 14 heavy (non-hydrogen) atoms. The number of aromatic nitrogens is 5. The van der Waals surface area contributed by atoms with Gasteiger partial charge in [-0.3, -0.25) is 5.10 Å². The van der Waals surface area contributed by atoms with Crippen molar-refractivity contribution >= 4 is 17.5 Å². The first-order chi connectivity index (χ1) is 6.66. The summed E-state index contributed by atoms with van der Waals surface area (Å²) in [5, 5.41) is 6.68. The molecule has 0 saturated carbocycles. The van der Waals surface area contributed by atoms with Crippen molar-refractivity contribution in [2.45, 2.75) is 6.92 Å². The van der Waals surface area contributed by atoms with Crippen LogP contribution in [0.15, 0.2) is 6.20 Å². The first-order valence-corrected chi connectivity index (χ1v) is 4.22. The Balaban J connectivity index is 2.57. The van der Waals surface area contributed by atoms with E-state index in [0.29, 0.717) is 11.5 Å². The summed E-state index contributed by atoms with van der Waals surface area (Å²) in [6.45, 7) is 1.88. The quantitative estimate of drug-likeness (QED) is 0.726. The van der Waals surface area contributed by atoms with Crippen LogP contribution in [-0.4, -0.2) is 25.1 Å². The molecule has 7 heteroatoms. The second kappa shape index (κ2) is 3.22. The highest BCUT2D eigenvalue weighted by atomic mass is 35.5. The molecule has 0 amide bonds. The summed E-state index contributed by atoms with van der Waals surface area (Å²) in [7, 11) is 0. The smallest absolute Gasteiger partial charge is 0.227 e. The number of hydrogen-bond donors (Lipinski definition) is 2. The van der Waals surface area contributed by atoms with E-state index in [1.54, 1.807) is 6.20 Å². The van der Waals surface area contributed by atoms with Gasteiger partial charge >= 0.3 is 0 Å². The Morgan fingerprint density at radius 3 is 2.71 bits per heavy atom. The van der Waals surface area contributed by atoms with Crippen molar-refractivity contribution in [2.75, 3.05) is 5.73 Å². The highest BCUT2D eigenvalue weighted by molar-refractivity contribution is 6.28. The fourth-order valence-corrected chi connectivity index (χ4v) is 1.22. The summed E-state index contributed by atoms with van der Waals surface area (Å²) in [4.78, 5) is 11.5. The van der Waals surface area contributed by atoms with Crippen LogP contribution in [-0.2, 0) is 0 Å². The van der Waals surface area contributed by atoms with Gasteiger partial charge in [0.2, 0.25) is 11.2 Å². The maximum atomic E-state index is 5.64. The fraction of sp³-hybridized carbons (Fsp3) is 0.143. The largest absolute Gasteiger partial charge is 0.368 e. The number of nitrogen functional groups attached to an aromatic ring is 1. The van der Waals surface area contributed by atoms with Crippen LogP contribution in [0.5, 0.6) is 0 Å². The van der Waals surface area contributed by atoms with E-state index in [1.807, 2.05) is 6.92 Å². The van der Waals surface area contributed by atoms with Gasteiger partial charge in [-0.25, -0.2) is 0 Å². The van der Waals surface area contributed by atoms with Crippen LogP contribution >= 0.6 is 11.6 Å². The van der Waals surface area contributed by atoms with Gasteiger partial charge in [0.25, 0.3) is 0 Å². The lowest BCUT2D eigenvalue weighted by Gasteiger charge is -1.99. The average Bonchev–Trinajstić information content (AvgIpc) is 2.49. The summed E-state index contributed by atoms with van der Waals surface area (Å²) in [5.74, 6) is 0.492. The molecule has 2 heterocycles. The molecule has 2 aromatic rings. The van der Waals surface area contributed by atoms with Gasteiger partial charge in [-0.1, -0.05) is 0 Å². The first kappa shape index (κ1) is 8.89. The minimum atomic E-state index is 0.0708. The third-order valence-electron chi connectivity index (χ3n) is 1.68. The molecular weight excluding hydrogens is 204 g/mol. The van der Waals surface area contributed by atoms with E-state index in [2.05, 4.69) is 25.1 Å². The number of anilines is 1. The minimum absolute atomic E-state index is 0.0708. The van der Waals surface area contributed by atoms with Gasteiger partial charge in [0.15, 0.2) is 5.82 Å². The Kier molecular flexibility index (Phi) is 2.05. The number of halogens is 1. The van der Waals surface area contributed by atoms with Crippen molar-refractivity contribution in [3.63, 3.8) is 0 Å². The monoisotopic (exact) mass is 210 g/mol. The molecule has 0 aliphatic heterocycles. The molecule has 72 valence electrons. The van der Waals surface area contributed by atoms with Gasteiger partial charge in [-0.15, -0.1) is 0 Å². The molecule has 3 N–H and O–H groups in total. The number of hydrogen-bond acceptors (Lipinski definition) is 5. The van der Waals surface area contributed by atoms with E-state index in [9.17, 15) is 0 Å². The number of nitrogens with two attached hydrogens (primary N) is 1. The minimum Gasteiger partial charge on any atom is -0.368 e. The molecule has 2 rings (SSSR count). The van der Waals surface area contributed by atoms with Gasteiger partial charge in [0.05, 0.1) is 6.20 Å². The summed E-state index contributed by atoms with van der Waals surface area (Å²) in [5.41, 5.74) is 7.05. The van der Waals surface area contributed by atoms with Crippen LogP contribution in [0.25, 0.3) is 11.5 Å². The van der Waals surface area contributed by atoms with Gasteiger partial charge in [0, 0.05) is 0 Å². The molecule has 0 aliphatic carbocycles. The Labute approximate surface area is 84.6 Å². The standard InChI is InChI=1S/C7H7ClN6/c1-3-2-10-14-4(3)5-11-6(8)13-7(9)12-5/h2H,1H3,(H,10,14)(H2,9,11,12,13). The summed E-state index contributed by atoms with van der Waals surface area (Å²) < 4.78 is 0. The topological polar surface area (TPSA) is 93.4 Å². The lowest BCUT2D eigenvalue weighted by atomic mass is 10.3. The van der Waals surface area contributed by atoms with Crippen LogP contribution in [0.4, 0.5) is 5.95 Å². The highest BCUT2D eigenvalue weighted by Gasteiger charge is 2.09. The van der Waals surface area contributed by atoms with Crippen LogP contribution < -0.4 is 5.73 Å². The Bertz CT molecular complexity index is 445. The molecule has 0 radical (unpaired) electrons. The molecule has 0 atom stereocenters. The molecule has 0 bridgehead atoms. The van der Waals surface area contributed by atoms with E-state index in [0.717, 1.165) is 5.56 Å². The first-order valence-electron chi connectivity index (χ1n) is 3.84. The van der Waals surface area contributed by atoms with Gasteiger partial charge in [-0.2, -0.15) is 20.1 Å². The van der Waals surface area contributed by atoms with Crippen LogP contribution in [0, 0.1) is 6.92 Å². The highest BCUT2D eigenvalue weighted by Crippen LogP contribution is 2.17. The maximum absolute atomic E-state index is 5.64. The van der Waals surface area contributed by atoms with Crippen LogP contribution in [0.2, 0.25) is 5.28 Å². The number of H-pyrrole nitrogens is 1. The van der Waals surface area contributed by atoms with Crippen molar-refractivity contribution in [3.8, 4) is 11.5 Å². The zero-order valence-corrected chi connectivity index (χ0v) is 8.08. The molecule has 0 unspecified atom stereocenters. The van der Waals surface area contributed by atoms with Crippen molar-refractivity contribution in [2.24, 2.45) is 0 Å². The Hall–Kier alpha value is -1.69. The van der Waals surface area contributed by atoms with Gasteiger partial charge < -0.3 is 5.73 Å². The van der Waals surface area contributed by atoms with E-state index < -0.39 is 0 Å². The zero-order valence-electron chi connectivity index (χ0n) is 7.32. The molecule has 0 aromatic carbocycles. The number of rotatable bonds is 1. The van der Waals surface area contributed by atoms with Gasteiger partial charge in [-0.05, 0) is 24.1 Å². The lowest BCUT2D eigenvalue weighted by Crippen LogP contribution is -2.00. The van der Waals surface area contributed by atoms with E-state index >= 15 is 0 Å². The second-order valence-corrected chi connectivity index (χ2v) is 3.05. The number of aromatic amines is 1. The SMILES string of the molecule is Cc1cn[nH]c1-c1nc(N)nc(Cl)n1. The fourth-order valence-electron chi connectivity index (χ4n) is 1.05. The maximum Gasteiger partial charge on any atom is 0.227 e. The normalized spacial score (nSPS) is 10.4. The second-order valence-electron chi connectivity index (χ2n) is 2.71.